The molecule has 1 aromatic rings. The number of thioether (sulfide) groups is 1. The van der Waals surface area contributed by atoms with Gasteiger partial charge in [-0.2, -0.15) is 13.2 Å². The highest BCUT2D eigenvalue weighted by Gasteiger charge is 2.45. The molecule has 2 atom stereocenters. The predicted molar refractivity (Wildman–Crippen MR) is 94.1 cm³/mol. The number of benzene rings is 1. The summed E-state index contributed by atoms with van der Waals surface area (Å²) in [5, 5.41) is 2.55. The van der Waals surface area contributed by atoms with Crippen LogP contribution in [0.3, 0.4) is 0 Å². The average Bonchev–Trinajstić information content (AvgIpc) is 2.60. The lowest BCUT2D eigenvalue weighted by Gasteiger charge is -2.34. The summed E-state index contributed by atoms with van der Waals surface area (Å²) in [7, 11) is 0. The minimum Gasteiger partial charge on any atom is -0.353 e. The molecule has 0 bridgehead atoms. The van der Waals surface area contributed by atoms with Gasteiger partial charge in [-0.3, -0.25) is 9.59 Å². The fourth-order valence-corrected chi connectivity index (χ4v) is 4.52. The number of hydrogen-bond donors (Lipinski definition) is 1. The number of halogens is 3. The van der Waals surface area contributed by atoms with Crippen LogP contribution in [0.2, 0.25) is 0 Å². The molecule has 0 saturated heterocycles. The molecule has 1 heterocycles. The van der Waals surface area contributed by atoms with Gasteiger partial charge in [0, 0.05) is 23.9 Å². The van der Waals surface area contributed by atoms with Gasteiger partial charge in [-0.25, -0.2) is 0 Å². The van der Waals surface area contributed by atoms with Crippen molar-refractivity contribution in [2.45, 2.75) is 49.2 Å². The standard InChI is InChI=1S/C18H21F3N2O2S/c19-18(20,21)12-5-1-2-6-13(12)22-16(24)9-10-23-14-7-3-4-8-15(14)26-11-17(23)25/h3-4,7-8,12-13H,1-2,5-6,9-11H2,(H,22,24). The van der Waals surface area contributed by atoms with Crippen LogP contribution < -0.4 is 10.2 Å². The summed E-state index contributed by atoms with van der Waals surface area (Å²) in [6, 6.07) is 6.57. The summed E-state index contributed by atoms with van der Waals surface area (Å²) in [4.78, 5) is 26.9. The van der Waals surface area contributed by atoms with Crippen molar-refractivity contribution in [1.29, 1.82) is 0 Å². The van der Waals surface area contributed by atoms with Crippen LogP contribution in [0.4, 0.5) is 18.9 Å². The maximum absolute atomic E-state index is 13.1. The molecule has 1 aliphatic carbocycles. The number of fused-ring (bicyclic) bond motifs is 1. The zero-order valence-electron chi connectivity index (χ0n) is 14.2. The Balaban J connectivity index is 1.60. The molecule has 1 aromatic carbocycles. The second kappa shape index (κ2) is 7.90. The Bertz CT molecular complexity index is 681. The van der Waals surface area contributed by atoms with Crippen molar-refractivity contribution in [3.63, 3.8) is 0 Å². The highest BCUT2D eigenvalue weighted by atomic mass is 32.2. The van der Waals surface area contributed by atoms with Crippen LogP contribution in [0.15, 0.2) is 29.2 Å². The Morgan fingerprint density at radius 3 is 2.73 bits per heavy atom. The molecule has 1 saturated carbocycles. The lowest BCUT2D eigenvalue weighted by Crippen LogP contribution is -2.48. The summed E-state index contributed by atoms with van der Waals surface area (Å²) in [6.45, 7) is 0.172. The Morgan fingerprint density at radius 2 is 1.96 bits per heavy atom. The lowest BCUT2D eigenvalue weighted by molar-refractivity contribution is -0.189. The van der Waals surface area contributed by atoms with Gasteiger partial charge in [0.2, 0.25) is 11.8 Å². The highest BCUT2D eigenvalue weighted by Crippen LogP contribution is 2.38. The maximum atomic E-state index is 13.1. The van der Waals surface area contributed by atoms with Crippen molar-refractivity contribution in [3.8, 4) is 0 Å². The molecule has 1 N–H and O–H groups in total. The summed E-state index contributed by atoms with van der Waals surface area (Å²) in [5.74, 6) is -1.70. The molecule has 142 valence electrons. The molecule has 4 nitrogen and oxygen atoms in total. The normalized spacial score (nSPS) is 23.5. The molecule has 1 fully saturated rings. The fraction of sp³-hybridized carbons (Fsp3) is 0.556. The van der Waals surface area contributed by atoms with Gasteiger partial charge < -0.3 is 10.2 Å². The third kappa shape index (κ3) is 4.34. The fourth-order valence-electron chi connectivity index (χ4n) is 3.59. The molecular weight excluding hydrogens is 365 g/mol. The number of hydrogen-bond acceptors (Lipinski definition) is 3. The monoisotopic (exact) mass is 386 g/mol. The molecule has 0 radical (unpaired) electrons. The lowest BCUT2D eigenvalue weighted by atomic mass is 9.84. The first-order valence-corrected chi connectivity index (χ1v) is 9.73. The van der Waals surface area contributed by atoms with Gasteiger partial charge in [0.15, 0.2) is 0 Å². The number of anilines is 1. The largest absolute Gasteiger partial charge is 0.393 e. The molecule has 26 heavy (non-hydrogen) atoms. The van der Waals surface area contributed by atoms with Gasteiger partial charge >= 0.3 is 6.18 Å². The number of amides is 2. The van der Waals surface area contributed by atoms with Gasteiger partial charge in [0.25, 0.3) is 0 Å². The number of rotatable bonds is 4. The third-order valence-electron chi connectivity index (χ3n) is 4.90. The van der Waals surface area contributed by atoms with Crippen molar-refractivity contribution in [3.05, 3.63) is 24.3 Å². The topological polar surface area (TPSA) is 49.4 Å². The Labute approximate surface area is 154 Å². The SMILES string of the molecule is O=C(CCN1C(=O)CSc2ccccc21)NC1CCCCC1C(F)(F)F. The average molecular weight is 386 g/mol. The van der Waals surface area contributed by atoms with Crippen LogP contribution in [0.25, 0.3) is 0 Å². The maximum Gasteiger partial charge on any atom is 0.393 e. The van der Waals surface area contributed by atoms with E-state index in [4.69, 9.17) is 0 Å². The molecular formula is C18H21F3N2O2S. The Kier molecular flexibility index (Phi) is 5.79. The number of para-hydroxylation sites is 1. The summed E-state index contributed by atoms with van der Waals surface area (Å²) in [5.41, 5.74) is 0.757. The van der Waals surface area contributed by atoms with Crippen LogP contribution in [0.5, 0.6) is 0 Å². The highest BCUT2D eigenvalue weighted by molar-refractivity contribution is 8.00. The first-order chi connectivity index (χ1) is 12.4. The van der Waals surface area contributed by atoms with E-state index in [0.717, 1.165) is 10.6 Å². The van der Waals surface area contributed by atoms with E-state index in [1.165, 1.54) is 11.8 Å². The van der Waals surface area contributed by atoms with Crippen molar-refractivity contribution < 1.29 is 22.8 Å². The van der Waals surface area contributed by atoms with Gasteiger partial charge in [0.05, 0.1) is 17.4 Å². The molecule has 0 spiro atoms. The smallest absolute Gasteiger partial charge is 0.353 e. The number of alkyl halides is 3. The quantitative estimate of drug-likeness (QED) is 0.857. The second-order valence-corrected chi connectivity index (χ2v) is 7.68. The number of carbonyl (C=O) groups is 2. The minimum absolute atomic E-state index is 0.00812. The van der Waals surface area contributed by atoms with E-state index in [0.29, 0.717) is 25.0 Å². The van der Waals surface area contributed by atoms with Crippen LogP contribution in [0, 0.1) is 5.92 Å². The van der Waals surface area contributed by atoms with Crippen LogP contribution in [-0.4, -0.2) is 36.3 Å². The molecule has 1 aliphatic heterocycles. The molecule has 0 aromatic heterocycles. The van der Waals surface area contributed by atoms with E-state index in [1.807, 2.05) is 24.3 Å². The van der Waals surface area contributed by atoms with E-state index < -0.39 is 24.0 Å². The summed E-state index contributed by atoms with van der Waals surface area (Å²) < 4.78 is 39.4. The zero-order chi connectivity index (χ0) is 18.7. The first-order valence-electron chi connectivity index (χ1n) is 8.74. The van der Waals surface area contributed by atoms with Gasteiger partial charge in [-0.15, -0.1) is 11.8 Å². The molecule has 3 rings (SSSR count). The van der Waals surface area contributed by atoms with Gasteiger partial charge in [0.1, 0.15) is 0 Å². The number of carbonyl (C=O) groups excluding carboxylic acids is 2. The van der Waals surface area contributed by atoms with E-state index in [2.05, 4.69) is 5.32 Å². The molecule has 2 amide bonds. The van der Waals surface area contributed by atoms with Crippen LogP contribution in [0.1, 0.15) is 32.1 Å². The van der Waals surface area contributed by atoms with Crippen molar-refractivity contribution in [2.75, 3.05) is 17.2 Å². The summed E-state index contributed by atoms with van der Waals surface area (Å²) in [6.07, 6.45) is -2.68. The zero-order valence-corrected chi connectivity index (χ0v) is 15.0. The van der Waals surface area contributed by atoms with Crippen molar-refractivity contribution in [1.82, 2.24) is 5.32 Å². The van der Waals surface area contributed by atoms with Crippen molar-refractivity contribution in [2.24, 2.45) is 5.92 Å². The van der Waals surface area contributed by atoms with Gasteiger partial charge in [-0.05, 0) is 25.0 Å². The van der Waals surface area contributed by atoms with E-state index in [9.17, 15) is 22.8 Å². The van der Waals surface area contributed by atoms with E-state index in [-0.39, 0.29) is 25.3 Å². The van der Waals surface area contributed by atoms with Crippen LogP contribution in [-0.2, 0) is 9.59 Å². The molecule has 2 aliphatic rings. The minimum atomic E-state index is -4.29. The molecule has 2 unspecified atom stereocenters. The van der Waals surface area contributed by atoms with E-state index >= 15 is 0 Å². The number of nitrogens with one attached hydrogen (secondary N) is 1. The van der Waals surface area contributed by atoms with Crippen molar-refractivity contribution >= 4 is 29.3 Å². The van der Waals surface area contributed by atoms with E-state index in [1.54, 1.807) is 4.90 Å². The Hall–Kier alpha value is -1.70. The first kappa shape index (κ1) is 19.1. The summed E-state index contributed by atoms with van der Waals surface area (Å²) >= 11 is 1.45. The number of nitrogens with zero attached hydrogens (tertiary/aromatic N) is 1. The van der Waals surface area contributed by atoms with Crippen LogP contribution >= 0.6 is 11.8 Å². The molecule has 8 heteroatoms. The second-order valence-electron chi connectivity index (χ2n) is 6.66. The van der Waals surface area contributed by atoms with Gasteiger partial charge in [-0.1, -0.05) is 25.0 Å². The Morgan fingerprint density at radius 1 is 1.23 bits per heavy atom. The third-order valence-corrected chi connectivity index (χ3v) is 5.95. The predicted octanol–water partition coefficient (Wildman–Crippen LogP) is 3.75.